The normalized spacial score (nSPS) is 13.6. The van der Waals surface area contributed by atoms with Gasteiger partial charge in [0.05, 0.1) is 81.6 Å². The number of aromatic nitrogens is 2. The van der Waals surface area contributed by atoms with Gasteiger partial charge in [0.2, 0.25) is 5.91 Å². The number of carboxylic acids is 1. The van der Waals surface area contributed by atoms with E-state index in [1.165, 1.54) is 17.8 Å². The van der Waals surface area contributed by atoms with Crippen molar-refractivity contribution in [2.45, 2.75) is 39.2 Å². The Kier molecular flexibility index (Phi) is 15.5. The van der Waals surface area contributed by atoms with Gasteiger partial charge in [0.25, 0.3) is 5.56 Å². The highest BCUT2D eigenvalue weighted by molar-refractivity contribution is 6.01. The Morgan fingerprint density at radius 3 is 2.14 bits per heavy atom. The first-order chi connectivity index (χ1) is 27.5. The predicted octanol–water partition coefficient (Wildman–Crippen LogP) is 3.77. The number of aliphatic carboxylic acids is 1. The summed E-state index contributed by atoms with van der Waals surface area (Å²) >= 11 is 0. The lowest BCUT2D eigenvalue weighted by Gasteiger charge is -2.33. The van der Waals surface area contributed by atoms with Crippen LogP contribution < -0.4 is 26.8 Å². The number of carbonyl (C=O) groups is 3. The minimum absolute atomic E-state index is 0.0260. The maximum absolute atomic E-state index is 13.4. The van der Waals surface area contributed by atoms with Crippen LogP contribution in [0.15, 0.2) is 83.8 Å². The van der Waals surface area contributed by atoms with Crippen molar-refractivity contribution < 1.29 is 38.4 Å². The van der Waals surface area contributed by atoms with Crippen LogP contribution in [-0.2, 0) is 48.6 Å². The number of nitrogens with zero attached hydrogens (tertiary/aromatic N) is 4. The van der Waals surface area contributed by atoms with Gasteiger partial charge in [0.1, 0.15) is 12.4 Å². The molecule has 1 amide bonds. The van der Waals surface area contributed by atoms with E-state index in [-0.39, 0.29) is 49.7 Å². The van der Waals surface area contributed by atoms with Gasteiger partial charge in [-0.25, -0.2) is 10.5 Å². The van der Waals surface area contributed by atoms with Crippen molar-refractivity contribution in [3.05, 3.63) is 112 Å². The number of rotatable bonds is 21. The second-order valence-electron chi connectivity index (χ2n) is 13.4. The number of aryl methyl sites for hydroxylation is 2. The van der Waals surface area contributed by atoms with Gasteiger partial charge in [-0.3, -0.25) is 14.4 Å². The number of hydrazine groups is 1. The second-order valence-corrected chi connectivity index (χ2v) is 13.4. The molecule has 0 spiro atoms. The molecule has 0 atom stereocenters. The first kappa shape index (κ1) is 42.3. The van der Waals surface area contributed by atoms with Gasteiger partial charge in [-0.05, 0) is 36.1 Å². The second kappa shape index (κ2) is 20.9. The van der Waals surface area contributed by atoms with Crippen molar-refractivity contribution in [2.24, 2.45) is 18.6 Å². The summed E-state index contributed by atoms with van der Waals surface area (Å²) in [6.45, 7) is 4.20. The molecule has 3 aromatic carbocycles. The molecule has 0 saturated carbocycles. The smallest absolute Gasteiger partial charge is 0.303 e. The molecule has 2 heterocycles. The molecule has 1 aliphatic heterocycles. The minimum atomic E-state index is -0.869. The molecule has 15 heteroatoms. The monoisotopic (exact) mass is 782 g/mol. The van der Waals surface area contributed by atoms with Crippen LogP contribution in [0.4, 0.5) is 5.69 Å². The summed E-state index contributed by atoms with van der Waals surface area (Å²) in [5, 5.41) is 14.6. The number of para-hydroxylation sites is 1. The van der Waals surface area contributed by atoms with E-state index in [2.05, 4.69) is 5.10 Å². The Bertz CT molecular complexity index is 2100. The van der Waals surface area contributed by atoms with Gasteiger partial charge in [-0.15, -0.1) is 0 Å². The van der Waals surface area contributed by atoms with Gasteiger partial charge in [0, 0.05) is 37.4 Å². The molecule has 302 valence electrons. The van der Waals surface area contributed by atoms with Crippen molar-refractivity contribution in [1.29, 1.82) is 0 Å². The quantitative estimate of drug-likeness (QED) is 0.0627. The number of amides is 1. The Labute approximate surface area is 331 Å². The number of carbonyl (C=O) groups excluding carboxylic acids is 2. The summed E-state index contributed by atoms with van der Waals surface area (Å²) in [7, 11) is 1.56. The SMILES string of the molecule is CC(=O)CCC(=O)N1Cc2ccccc2/C(N(N)CCOCCOCCOCCOc2cnn(C)c(=O)c2-c2ccc(CCC(=O)O)cc2)=C(/N)c2ccccc21. The van der Waals surface area contributed by atoms with Crippen LogP contribution in [0.3, 0.4) is 0 Å². The van der Waals surface area contributed by atoms with Crippen LogP contribution >= 0.6 is 0 Å². The Morgan fingerprint density at radius 1 is 0.825 bits per heavy atom. The fourth-order valence-corrected chi connectivity index (χ4v) is 6.32. The van der Waals surface area contributed by atoms with E-state index in [4.69, 9.17) is 35.6 Å². The molecule has 0 fully saturated rings. The minimum Gasteiger partial charge on any atom is -0.489 e. The zero-order chi connectivity index (χ0) is 40.7. The summed E-state index contributed by atoms with van der Waals surface area (Å²) in [5.74, 6) is 5.89. The molecule has 0 radical (unpaired) electrons. The van der Waals surface area contributed by atoms with Crippen molar-refractivity contribution in [3.63, 3.8) is 0 Å². The first-order valence-corrected chi connectivity index (χ1v) is 18.8. The lowest BCUT2D eigenvalue weighted by molar-refractivity contribution is -0.137. The zero-order valence-electron chi connectivity index (χ0n) is 32.4. The molecule has 1 aromatic heterocycles. The number of Topliss-reactive ketones (excluding diaryl/α,β-unsaturated/α-hetero) is 1. The highest BCUT2D eigenvalue weighted by Crippen LogP contribution is 2.36. The van der Waals surface area contributed by atoms with Crippen LogP contribution in [0.5, 0.6) is 5.75 Å². The number of anilines is 1. The van der Waals surface area contributed by atoms with Crippen molar-refractivity contribution in [1.82, 2.24) is 14.8 Å². The van der Waals surface area contributed by atoms with Gasteiger partial charge < -0.3 is 44.5 Å². The van der Waals surface area contributed by atoms with Crippen LogP contribution in [0.25, 0.3) is 22.5 Å². The number of hydrogen-bond donors (Lipinski definition) is 3. The predicted molar refractivity (Wildman–Crippen MR) is 215 cm³/mol. The number of nitrogens with two attached hydrogens (primary N) is 2. The lowest BCUT2D eigenvalue weighted by atomic mass is 9.95. The maximum Gasteiger partial charge on any atom is 0.303 e. The molecule has 5 rings (SSSR count). The van der Waals surface area contributed by atoms with Crippen molar-refractivity contribution in [2.75, 3.05) is 57.7 Å². The molecule has 4 aromatic rings. The third-order valence-electron chi connectivity index (χ3n) is 9.30. The summed E-state index contributed by atoms with van der Waals surface area (Å²) < 4.78 is 24.2. The molecule has 0 aliphatic carbocycles. The summed E-state index contributed by atoms with van der Waals surface area (Å²) in [5.41, 5.74) is 12.4. The molecule has 15 nitrogen and oxygen atoms in total. The van der Waals surface area contributed by atoms with Gasteiger partial charge in [0.15, 0.2) is 5.75 Å². The van der Waals surface area contributed by atoms with E-state index in [1.54, 1.807) is 41.2 Å². The van der Waals surface area contributed by atoms with E-state index in [0.717, 1.165) is 16.7 Å². The van der Waals surface area contributed by atoms with E-state index >= 15 is 0 Å². The molecular weight excluding hydrogens is 732 g/mol. The van der Waals surface area contributed by atoms with E-state index in [0.29, 0.717) is 92.1 Å². The van der Waals surface area contributed by atoms with Crippen molar-refractivity contribution >= 4 is 34.7 Å². The highest BCUT2D eigenvalue weighted by atomic mass is 16.6. The summed E-state index contributed by atoms with van der Waals surface area (Å²) in [6, 6.07) is 22.2. The Balaban J connectivity index is 1.05. The Morgan fingerprint density at radius 2 is 1.46 bits per heavy atom. The van der Waals surface area contributed by atoms with E-state index in [9.17, 15) is 19.2 Å². The summed E-state index contributed by atoms with van der Waals surface area (Å²) in [4.78, 5) is 50.5. The molecule has 1 aliphatic rings. The number of ether oxygens (including phenoxy) is 4. The van der Waals surface area contributed by atoms with E-state index < -0.39 is 5.97 Å². The average Bonchev–Trinajstić information content (AvgIpc) is 3.20. The van der Waals surface area contributed by atoms with Crippen LogP contribution in [0.1, 0.15) is 48.4 Å². The number of carboxylic acid groups (broad SMARTS) is 1. The maximum atomic E-state index is 13.4. The fraction of sp³-hybridized carbons (Fsp3) is 0.357. The fourth-order valence-electron chi connectivity index (χ4n) is 6.32. The first-order valence-electron chi connectivity index (χ1n) is 18.8. The number of hydrogen-bond acceptors (Lipinski definition) is 12. The van der Waals surface area contributed by atoms with Crippen LogP contribution in [0, 0.1) is 0 Å². The molecule has 0 unspecified atom stereocenters. The summed E-state index contributed by atoms with van der Waals surface area (Å²) in [6.07, 6.45) is 2.18. The van der Waals surface area contributed by atoms with Gasteiger partial charge in [-0.1, -0.05) is 66.7 Å². The van der Waals surface area contributed by atoms with Crippen LogP contribution in [-0.4, -0.2) is 90.3 Å². The number of fused-ring (bicyclic) bond motifs is 2. The molecule has 5 N–H and O–H groups in total. The van der Waals surface area contributed by atoms with E-state index in [1.807, 2.05) is 48.5 Å². The zero-order valence-corrected chi connectivity index (χ0v) is 32.4. The third kappa shape index (κ3) is 11.6. The number of ketones is 1. The van der Waals surface area contributed by atoms with Gasteiger partial charge in [-0.2, -0.15) is 5.10 Å². The molecule has 57 heavy (non-hydrogen) atoms. The molecular formula is C42H50N6O9. The van der Waals surface area contributed by atoms with Crippen LogP contribution in [0.2, 0.25) is 0 Å². The Hall–Kier alpha value is -5.87. The average molecular weight is 783 g/mol. The molecule has 0 saturated heterocycles. The lowest BCUT2D eigenvalue weighted by Crippen LogP contribution is -2.37. The van der Waals surface area contributed by atoms with Gasteiger partial charge >= 0.3 is 5.97 Å². The largest absolute Gasteiger partial charge is 0.489 e. The topological polar surface area (TPSA) is 202 Å². The molecule has 0 bridgehead atoms. The highest BCUT2D eigenvalue weighted by Gasteiger charge is 2.27. The third-order valence-corrected chi connectivity index (χ3v) is 9.30. The van der Waals surface area contributed by atoms with Crippen molar-refractivity contribution in [3.8, 4) is 16.9 Å². The number of benzene rings is 3. The standard InChI is InChI=1S/C42H50N6O9/c1-29(49)11-17-37(50)47-28-32-7-3-4-8-33(32)41(40(43)34-9-5-6-10-35(34)47)48(44)19-20-54-21-22-55-23-24-56-25-26-57-36-27-45-46(2)42(53)39(36)31-15-12-30(13-16-31)14-18-38(51)52/h3-10,12-13,15-16,27H,11,14,17-26,28,43-44H2,1-2H3,(H,51,52)/b41-40-.